The van der Waals surface area contributed by atoms with E-state index >= 15 is 0 Å². The maximum atomic E-state index is 12.9. The van der Waals surface area contributed by atoms with Gasteiger partial charge in [0.1, 0.15) is 12.4 Å². The van der Waals surface area contributed by atoms with Gasteiger partial charge in [0.2, 0.25) is 0 Å². The van der Waals surface area contributed by atoms with Crippen LogP contribution in [0.2, 0.25) is 0 Å². The van der Waals surface area contributed by atoms with Crippen molar-refractivity contribution in [1.82, 2.24) is 5.32 Å². The topological polar surface area (TPSA) is 30.5 Å². The summed E-state index contributed by atoms with van der Waals surface area (Å²) in [5.41, 5.74) is 2.06. The van der Waals surface area contributed by atoms with Gasteiger partial charge < -0.3 is 14.8 Å². The first-order valence-electron chi connectivity index (χ1n) is 7.83. The smallest absolute Gasteiger partial charge is 0.161 e. The van der Waals surface area contributed by atoms with E-state index in [2.05, 4.69) is 19.2 Å². The van der Waals surface area contributed by atoms with E-state index in [0.29, 0.717) is 24.0 Å². The van der Waals surface area contributed by atoms with E-state index in [4.69, 9.17) is 9.47 Å². The van der Waals surface area contributed by atoms with Crippen LogP contribution < -0.4 is 14.8 Å². The predicted octanol–water partition coefficient (Wildman–Crippen LogP) is 4.58. The maximum absolute atomic E-state index is 12.9. The molecule has 0 heterocycles. The maximum Gasteiger partial charge on any atom is 0.161 e. The highest BCUT2D eigenvalue weighted by atomic mass is 35.5. The van der Waals surface area contributed by atoms with Gasteiger partial charge in [-0.3, -0.25) is 0 Å². The summed E-state index contributed by atoms with van der Waals surface area (Å²) in [5.74, 6) is 1.76. The lowest BCUT2D eigenvalue weighted by atomic mass is 10.1. The van der Waals surface area contributed by atoms with Crippen LogP contribution in [-0.2, 0) is 13.2 Å². The molecule has 0 fully saturated rings. The molecule has 0 unspecified atom stereocenters. The van der Waals surface area contributed by atoms with E-state index in [-0.39, 0.29) is 18.2 Å². The fourth-order valence-corrected chi connectivity index (χ4v) is 2.19. The summed E-state index contributed by atoms with van der Waals surface area (Å²) in [4.78, 5) is 0. The lowest BCUT2D eigenvalue weighted by Crippen LogP contribution is -2.18. The third kappa shape index (κ3) is 6.38. The molecule has 5 heteroatoms. The monoisotopic (exact) mass is 353 g/mol. The molecule has 3 nitrogen and oxygen atoms in total. The van der Waals surface area contributed by atoms with Gasteiger partial charge in [0, 0.05) is 6.54 Å². The average molecular weight is 354 g/mol. The summed E-state index contributed by atoms with van der Waals surface area (Å²) in [6.45, 7) is 6.51. The van der Waals surface area contributed by atoms with Gasteiger partial charge >= 0.3 is 0 Å². The molecule has 0 spiro atoms. The Kier molecular flexibility index (Phi) is 8.58. The Morgan fingerprint density at radius 1 is 1.00 bits per heavy atom. The number of ether oxygens (including phenoxy) is 2. The van der Waals surface area contributed by atoms with Crippen LogP contribution in [0.4, 0.5) is 4.39 Å². The van der Waals surface area contributed by atoms with Crippen LogP contribution in [0.1, 0.15) is 25.0 Å². The Morgan fingerprint density at radius 2 is 1.67 bits per heavy atom. The van der Waals surface area contributed by atoms with Gasteiger partial charge in [0.25, 0.3) is 0 Å². The highest BCUT2D eigenvalue weighted by Crippen LogP contribution is 2.28. The van der Waals surface area contributed by atoms with Gasteiger partial charge in [-0.1, -0.05) is 32.0 Å². The molecule has 0 radical (unpaired) electrons. The van der Waals surface area contributed by atoms with E-state index in [1.807, 2.05) is 18.2 Å². The van der Waals surface area contributed by atoms with Crippen molar-refractivity contribution < 1.29 is 13.9 Å². The standard InChI is InChI=1S/C19H24FNO2.ClH/c1-14(2)11-21-12-16-6-9-18(19(10-16)22-3)23-13-15-4-7-17(20)8-5-15;/h4-10,14,21H,11-13H2,1-3H3;1H. The van der Waals surface area contributed by atoms with E-state index in [1.54, 1.807) is 19.2 Å². The lowest BCUT2D eigenvalue weighted by molar-refractivity contribution is 0.284. The first-order valence-corrected chi connectivity index (χ1v) is 7.83. The van der Waals surface area contributed by atoms with Crippen LogP contribution in [0.3, 0.4) is 0 Å². The summed E-state index contributed by atoms with van der Waals surface area (Å²) in [6, 6.07) is 12.2. The molecule has 0 aliphatic carbocycles. The second kappa shape index (κ2) is 10.2. The van der Waals surface area contributed by atoms with E-state index in [9.17, 15) is 4.39 Å². The highest BCUT2D eigenvalue weighted by Gasteiger charge is 2.07. The van der Waals surface area contributed by atoms with Crippen LogP contribution in [0.25, 0.3) is 0 Å². The number of halogens is 2. The minimum Gasteiger partial charge on any atom is -0.493 e. The SMILES string of the molecule is COc1cc(CNCC(C)C)ccc1OCc1ccc(F)cc1.Cl. The van der Waals surface area contributed by atoms with E-state index in [1.165, 1.54) is 12.1 Å². The van der Waals surface area contributed by atoms with Gasteiger partial charge in [-0.15, -0.1) is 12.4 Å². The van der Waals surface area contributed by atoms with E-state index in [0.717, 1.165) is 24.2 Å². The van der Waals surface area contributed by atoms with Crippen molar-refractivity contribution in [1.29, 1.82) is 0 Å². The average Bonchev–Trinajstić information content (AvgIpc) is 2.54. The summed E-state index contributed by atoms with van der Waals surface area (Å²) in [7, 11) is 1.63. The Hall–Kier alpha value is -1.78. The molecule has 0 aliphatic rings. The molecule has 0 bridgehead atoms. The molecule has 0 amide bonds. The predicted molar refractivity (Wildman–Crippen MR) is 97.5 cm³/mol. The summed E-state index contributed by atoms with van der Waals surface area (Å²) < 4.78 is 24.1. The Labute approximate surface area is 149 Å². The largest absolute Gasteiger partial charge is 0.493 e. The van der Waals surface area contributed by atoms with Crippen molar-refractivity contribution in [3.8, 4) is 11.5 Å². The molecule has 2 rings (SSSR count). The van der Waals surface area contributed by atoms with Crippen molar-refractivity contribution in [3.63, 3.8) is 0 Å². The fourth-order valence-electron chi connectivity index (χ4n) is 2.19. The number of hydrogen-bond acceptors (Lipinski definition) is 3. The minimum absolute atomic E-state index is 0. The quantitative estimate of drug-likeness (QED) is 0.753. The molecule has 0 saturated heterocycles. The molecule has 24 heavy (non-hydrogen) atoms. The van der Waals surface area contributed by atoms with Gasteiger partial charge in [-0.25, -0.2) is 4.39 Å². The third-order valence-electron chi connectivity index (χ3n) is 3.42. The Balaban J connectivity index is 0.00000288. The van der Waals surface area contributed by atoms with Crippen molar-refractivity contribution in [2.75, 3.05) is 13.7 Å². The third-order valence-corrected chi connectivity index (χ3v) is 3.42. The number of hydrogen-bond donors (Lipinski definition) is 1. The second-order valence-corrected chi connectivity index (χ2v) is 5.93. The molecule has 0 atom stereocenters. The molecule has 2 aromatic rings. The summed E-state index contributed by atoms with van der Waals surface area (Å²) in [6.07, 6.45) is 0. The van der Waals surface area contributed by atoms with Crippen LogP contribution in [0.15, 0.2) is 42.5 Å². The molecular weight excluding hydrogens is 329 g/mol. The number of methoxy groups -OCH3 is 1. The molecule has 2 aromatic carbocycles. The zero-order valence-electron chi connectivity index (χ0n) is 14.3. The van der Waals surface area contributed by atoms with E-state index < -0.39 is 0 Å². The zero-order chi connectivity index (χ0) is 16.7. The van der Waals surface area contributed by atoms with Gasteiger partial charge in [-0.2, -0.15) is 0 Å². The van der Waals surface area contributed by atoms with Crippen molar-refractivity contribution in [2.24, 2.45) is 5.92 Å². The Bertz CT molecular complexity index is 617. The molecule has 132 valence electrons. The minimum atomic E-state index is -0.246. The number of nitrogens with one attached hydrogen (secondary N) is 1. The fraction of sp³-hybridized carbons (Fsp3) is 0.368. The first kappa shape index (κ1) is 20.3. The van der Waals surface area contributed by atoms with Crippen molar-refractivity contribution >= 4 is 12.4 Å². The van der Waals surface area contributed by atoms with Crippen molar-refractivity contribution in [3.05, 3.63) is 59.4 Å². The van der Waals surface area contributed by atoms with Gasteiger partial charge in [0.15, 0.2) is 11.5 Å². The normalized spacial score (nSPS) is 10.4. The molecule has 0 saturated carbocycles. The molecule has 0 aromatic heterocycles. The second-order valence-electron chi connectivity index (χ2n) is 5.93. The number of rotatable bonds is 8. The molecular formula is C19H25ClFNO2. The zero-order valence-corrected chi connectivity index (χ0v) is 15.2. The molecule has 0 aliphatic heterocycles. The van der Waals surface area contributed by atoms with Gasteiger partial charge in [-0.05, 0) is 47.9 Å². The Morgan fingerprint density at radius 3 is 2.29 bits per heavy atom. The van der Waals surface area contributed by atoms with Gasteiger partial charge in [0.05, 0.1) is 7.11 Å². The number of benzene rings is 2. The summed E-state index contributed by atoms with van der Waals surface area (Å²) in [5, 5.41) is 3.40. The van der Waals surface area contributed by atoms with Crippen LogP contribution in [0, 0.1) is 11.7 Å². The van der Waals surface area contributed by atoms with Crippen LogP contribution in [-0.4, -0.2) is 13.7 Å². The lowest BCUT2D eigenvalue weighted by Gasteiger charge is -2.13. The van der Waals surface area contributed by atoms with Crippen molar-refractivity contribution in [2.45, 2.75) is 27.0 Å². The summed E-state index contributed by atoms with van der Waals surface area (Å²) >= 11 is 0. The molecule has 1 N–H and O–H groups in total. The first-order chi connectivity index (χ1) is 11.1. The van der Waals surface area contributed by atoms with Crippen LogP contribution >= 0.6 is 12.4 Å². The van der Waals surface area contributed by atoms with Crippen LogP contribution in [0.5, 0.6) is 11.5 Å². The highest BCUT2D eigenvalue weighted by molar-refractivity contribution is 5.85.